The lowest BCUT2D eigenvalue weighted by Gasteiger charge is -2.06. The Balaban J connectivity index is 3.31. The van der Waals surface area contributed by atoms with Crippen LogP contribution in [0.15, 0.2) is 32.2 Å². The molecule has 0 amide bonds. The van der Waals surface area contributed by atoms with Gasteiger partial charge >= 0.3 is 0 Å². The van der Waals surface area contributed by atoms with Crippen molar-refractivity contribution in [2.75, 3.05) is 0 Å². The normalized spacial score (nSPS) is 22.9. The maximum absolute atomic E-state index is 10.8. The molecule has 5 nitrogen and oxygen atoms in total. The van der Waals surface area contributed by atoms with E-state index in [1.54, 1.807) is 0 Å². The van der Waals surface area contributed by atoms with Crippen LogP contribution in [0.2, 0.25) is 0 Å². The molecule has 1 aliphatic carbocycles. The molecule has 1 N–H and O–H groups in total. The maximum Gasteiger partial charge on any atom is 0.296 e. The average Bonchev–Trinajstić information content (AvgIpc) is 2.15. The molecule has 1 aliphatic rings. The molecule has 0 saturated carbocycles. The predicted molar refractivity (Wildman–Crippen MR) is 55.3 cm³/mol. The van der Waals surface area contributed by atoms with Gasteiger partial charge in [-0.1, -0.05) is 0 Å². The minimum atomic E-state index is -4.38. The van der Waals surface area contributed by atoms with E-state index >= 15 is 0 Å². The summed E-state index contributed by atoms with van der Waals surface area (Å²) in [4.78, 5) is -0.436. The van der Waals surface area contributed by atoms with Crippen LogP contribution in [0.1, 0.15) is 0 Å². The molecule has 14 heavy (non-hydrogen) atoms. The first-order chi connectivity index (χ1) is 6.49. The Kier molecular flexibility index (Phi) is 3.43. The third-order valence-electron chi connectivity index (χ3n) is 1.41. The standard InChI is InChI=1S/C6H4Cl2N2O3S/c7-9-4-1-2-5(10-8)6(3-4)14(11,12)13/h1-3H,(H,11,12,13). The smallest absolute Gasteiger partial charge is 0.282 e. The topological polar surface area (TPSA) is 79.1 Å². The third-order valence-corrected chi connectivity index (χ3v) is 2.67. The van der Waals surface area contributed by atoms with Crippen molar-refractivity contribution in [1.82, 2.24) is 0 Å². The summed E-state index contributed by atoms with van der Waals surface area (Å²) in [6.07, 6.45) is 3.74. The molecule has 0 unspecified atom stereocenters. The highest BCUT2D eigenvalue weighted by molar-refractivity contribution is 7.91. The Morgan fingerprint density at radius 2 is 1.86 bits per heavy atom. The number of rotatable bonds is 1. The zero-order valence-corrected chi connectivity index (χ0v) is 8.88. The maximum atomic E-state index is 10.8. The van der Waals surface area contributed by atoms with Gasteiger partial charge in [-0.3, -0.25) is 4.55 Å². The highest BCUT2D eigenvalue weighted by atomic mass is 35.5. The van der Waals surface area contributed by atoms with Crippen LogP contribution in [0.3, 0.4) is 0 Å². The number of nitrogens with zero attached hydrogens (tertiary/aromatic N) is 2. The second-order valence-electron chi connectivity index (χ2n) is 2.30. The summed E-state index contributed by atoms with van der Waals surface area (Å²) >= 11 is 10.2. The van der Waals surface area contributed by atoms with Crippen LogP contribution in [0, 0.1) is 0 Å². The molecule has 0 aromatic carbocycles. The van der Waals surface area contributed by atoms with Crippen molar-refractivity contribution >= 4 is 45.1 Å². The van der Waals surface area contributed by atoms with E-state index in [1.807, 2.05) is 0 Å². The van der Waals surface area contributed by atoms with Crippen molar-refractivity contribution in [3.63, 3.8) is 0 Å². The van der Waals surface area contributed by atoms with Crippen LogP contribution >= 0.6 is 23.6 Å². The van der Waals surface area contributed by atoms with E-state index in [0.29, 0.717) is 0 Å². The van der Waals surface area contributed by atoms with Crippen molar-refractivity contribution in [2.45, 2.75) is 0 Å². The second kappa shape index (κ2) is 4.22. The Morgan fingerprint density at radius 1 is 1.21 bits per heavy atom. The predicted octanol–water partition coefficient (Wildman–Crippen LogP) is 1.52. The molecule has 0 bridgehead atoms. The molecule has 0 saturated heterocycles. The first-order valence-corrected chi connectivity index (χ1v) is 5.36. The van der Waals surface area contributed by atoms with E-state index in [1.165, 1.54) is 12.2 Å². The summed E-state index contributed by atoms with van der Waals surface area (Å²) in [5.74, 6) is 0. The fraction of sp³-hybridized carbons (Fsp3) is 0. The van der Waals surface area contributed by atoms with Gasteiger partial charge in [0.25, 0.3) is 10.1 Å². The zero-order chi connectivity index (χ0) is 10.8. The lowest BCUT2D eigenvalue weighted by Crippen LogP contribution is -2.15. The highest BCUT2D eigenvalue weighted by Crippen LogP contribution is 2.14. The molecule has 0 aromatic heterocycles. The van der Waals surface area contributed by atoms with Gasteiger partial charge in [0.05, 0.1) is 11.4 Å². The molecule has 0 atom stereocenters. The minimum Gasteiger partial charge on any atom is -0.282 e. The minimum absolute atomic E-state index is 0.0711. The van der Waals surface area contributed by atoms with E-state index in [2.05, 4.69) is 9.02 Å². The van der Waals surface area contributed by atoms with Gasteiger partial charge in [0.15, 0.2) is 0 Å². The van der Waals surface area contributed by atoms with Gasteiger partial charge < -0.3 is 0 Å². The lowest BCUT2D eigenvalue weighted by atomic mass is 10.1. The van der Waals surface area contributed by atoms with Crippen molar-refractivity contribution in [1.29, 1.82) is 0 Å². The van der Waals surface area contributed by atoms with Crippen molar-refractivity contribution in [3.05, 3.63) is 23.1 Å². The van der Waals surface area contributed by atoms with E-state index in [0.717, 1.165) is 6.08 Å². The quantitative estimate of drug-likeness (QED) is 0.569. The number of halogens is 2. The Labute approximate surface area is 90.4 Å². The fourth-order valence-electron chi connectivity index (χ4n) is 0.832. The summed E-state index contributed by atoms with van der Waals surface area (Å²) in [6.45, 7) is 0. The number of allylic oxidation sites excluding steroid dienone is 4. The van der Waals surface area contributed by atoms with Crippen LogP contribution in [0.25, 0.3) is 0 Å². The van der Waals surface area contributed by atoms with Gasteiger partial charge in [-0.05, 0) is 18.2 Å². The first kappa shape index (κ1) is 11.4. The van der Waals surface area contributed by atoms with Crippen molar-refractivity contribution in [3.8, 4) is 0 Å². The molecule has 0 aliphatic heterocycles. The van der Waals surface area contributed by atoms with Crippen molar-refractivity contribution < 1.29 is 13.0 Å². The average molecular weight is 255 g/mol. The molecule has 76 valence electrons. The molecule has 0 fully saturated rings. The van der Waals surface area contributed by atoms with Crippen LogP contribution in [0.5, 0.6) is 0 Å². The molecule has 0 aromatic rings. The molecular formula is C6H4Cl2N2O3S. The summed E-state index contributed by atoms with van der Waals surface area (Å²) < 4.78 is 36.8. The van der Waals surface area contributed by atoms with E-state index < -0.39 is 15.0 Å². The van der Waals surface area contributed by atoms with E-state index in [-0.39, 0.29) is 11.4 Å². The molecule has 0 spiro atoms. The Bertz CT molecular complexity index is 461. The SMILES string of the molecule is O=S(=O)(O)C1=CC(=NCl)C=CC1=NCl. The van der Waals surface area contributed by atoms with Gasteiger partial charge in [-0.25, -0.2) is 0 Å². The molecule has 0 radical (unpaired) electrons. The van der Waals surface area contributed by atoms with Crippen LogP contribution in [-0.2, 0) is 10.1 Å². The van der Waals surface area contributed by atoms with E-state index in [4.69, 9.17) is 28.1 Å². The molecule has 1 rings (SSSR count). The van der Waals surface area contributed by atoms with Crippen LogP contribution in [-0.4, -0.2) is 24.4 Å². The Hall–Kier alpha value is -0.690. The molecule has 0 heterocycles. The van der Waals surface area contributed by atoms with Gasteiger partial charge in [0, 0.05) is 23.6 Å². The lowest BCUT2D eigenvalue weighted by molar-refractivity contribution is 0.493. The number of hydrogen-bond donors (Lipinski definition) is 1. The van der Waals surface area contributed by atoms with Crippen molar-refractivity contribution in [2.24, 2.45) is 9.02 Å². The summed E-state index contributed by atoms with van der Waals surface area (Å²) in [5, 5.41) is 0. The van der Waals surface area contributed by atoms with Gasteiger partial charge in [0.2, 0.25) is 0 Å². The van der Waals surface area contributed by atoms with Gasteiger partial charge in [-0.15, -0.1) is 0 Å². The monoisotopic (exact) mass is 254 g/mol. The van der Waals surface area contributed by atoms with E-state index in [9.17, 15) is 8.42 Å². The Morgan fingerprint density at radius 3 is 2.29 bits per heavy atom. The number of hydrogen-bond acceptors (Lipinski definition) is 4. The fourth-order valence-corrected chi connectivity index (χ4v) is 1.78. The largest absolute Gasteiger partial charge is 0.296 e. The summed E-state index contributed by atoms with van der Waals surface area (Å²) in [7, 11) is -4.38. The molecular weight excluding hydrogens is 251 g/mol. The summed E-state index contributed by atoms with van der Waals surface area (Å²) in [5.41, 5.74) is 0.113. The first-order valence-electron chi connectivity index (χ1n) is 3.24. The third kappa shape index (κ3) is 2.42. The van der Waals surface area contributed by atoms with Gasteiger partial charge in [0.1, 0.15) is 4.91 Å². The highest BCUT2D eigenvalue weighted by Gasteiger charge is 2.22. The van der Waals surface area contributed by atoms with Crippen LogP contribution in [0.4, 0.5) is 0 Å². The second-order valence-corrected chi connectivity index (χ2v) is 4.02. The van der Waals surface area contributed by atoms with Gasteiger partial charge in [-0.2, -0.15) is 17.4 Å². The zero-order valence-electron chi connectivity index (χ0n) is 6.55. The van der Waals surface area contributed by atoms with Crippen LogP contribution < -0.4 is 0 Å². The summed E-state index contributed by atoms with van der Waals surface area (Å²) in [6, 6.07) is 0. The molecule has 8 heteroatoms.